The Kier molecular flexibility index (Phi) is 3.69. The number of aliphatic carboxylic acids is 1. The fraction of sp³-hybridized carbons (Fsp3) is 0.714. The van der Waals surface area contributed by atoms with Crippen LogP contribution >= 0.6 is 0 Å². The second kappa shape index (κ2) is 4.06. The van der Waals surface area contributed by atoms with Gasteiger partial charge in [-0.25, -0.2) is 0 Å². The number of carboxylic acids is 1. The zero-order chi connectivity index (χ0) is 9.78. The van der Waals surface area contributed by atoms with Gasteiger partial charge >= 0.3 is 5.97 Å². The number of amides is 1. The van der Waals surface area contributed by atoms with Crippen molar-refractivity contribution in [2.75, 3.05) is 0 Å². The maximum absolute atomic E-state index is 10.8. The molecule has 1 unspecified atom stereocenters. The Bertz CT molecular complexity index is 193. The fourth-order valence-electron chi connectivity index (χ4n) is 0.804. The molecule has 5 N–H and O–H groups in total. The molecule has 1 amide bonds. The van der Waals surface area contributed by atoms with Crippen LogP contribution < -0.4 is 11.5 Å². The number of rotatable bonds is 5. The number of nitrogens with two attached hydrogens (primary N) is 2. The summed E-state index contributed by atoms with van der Waals surface area (Å²) < 4.78 is 0. The lowest BCUT2D eigenvalue weighted by molar-refractivity contribution is -0.137. The maximum atomic E-state index is 10.8. The Hall–Kier alpha value is -1.10. The molecule has 0 aromatic rings. The van der Waals surface area contributed by atoms with Gasteiger partial charge in [-0.05, 0) is 12.8 Å². The number of carbonyl (C=O) groups is 2. The van der Waals surface area contributed by atoms with Gasteiger partial charge in [-0.3, -0.25) is 9.59 Å². The summed E-state index contributed by atoms with van der Waals surface area (Å²) in [5.74, 6) is -1.62. The van der Waals surface area contributed by atoms with Crippen LogP contribution in [-0.4, -0.2) is 22.5 Å². The van der Waals surface area contributed by atoms with Gasteiger partial charge in [-0.1, -0.05) is 6.92 Å². The highest BCUT2D eigenvalue weighted by Gasteiger charge is 2.29. The lowest BCUT2D eigenvalue weighted by Crippen LogP contribution is -2.51. The Morgan fingerprint density at radius 3 is 2.25 bits per heavy atom. The van der Waals surface area contributed by atoms with Gasteiger partial charge in [0.2, 0.25) is 5.91 Å². The fourth-order valence-corrected chi connectivity index (χ4v) is 0.804. The highest BCUT2D eigenvalue weighted by atomic mass is 16.4. The normalized spacial score (nSPS) is 15.2. The number of carbonyl (C=O) groups excluding carboxylic acids is 1. The van der Waals surface area contributed by atoms with Crippen LogP contribution in [0, 0.1) is 0 Å². The van der Waals surface area contributed by atoms with Gasteiger partial charge in [-0.15, -0.1) is 0 Å². The van der Waals surface area contributed by atoms with E-state index in [0.29, 0.717) is 6.42 Å². The van der Waals surface area contributed by atoms with E-state index in [-0.39, 0.29) is 12.8 Å². The van der Waals surface area contributed by atoms with Crippen LogP contribution in [0.15, 0.2) is 0 Å². The van der Waals surface area contributed by atoms with E-state index in [1.54, 1.807) is 6.92 Å². The molecule has 5 heteroatoms. The van der Waals surface area contributed by atoms with E-state index in [0.717, 1.165) is 0 Å². The molecule has 0 spiro atoms. The molecule has 0 aliphatic heterocycles. The summed E-state index contributed by atoms with van der Waals surface area (Å²) in [5.41, 5.74) is 9.39. The van der Waals surface area contributed by atoms with E-state index < -0.39 is 17.4 Å². The van der Waals surface area contributed by atoms with Crippen molar-refractivity contribution in [3.8, 4) is 0 Å². The summed E-state index contributed by atoms with van der Waals surface area (Å²) >= 11 is 0. The largest absolute Gasteiger partial charge is 0.481 e. The highest BCUT2D eigenvalue weighted by molar-refractivity contribution is 5.84. The number of hydrogen-bond donors (Lipinski definition) is 3. The molecule has 0 fully saturated rings. The first-order chi connectivity index (χ1) is 5.42. The summed E-state index contributed by atoms with van der Waals surface area (Å²) in [5, 5.41) is 8.35. The van der Waals surface area contributed by atoms with Crippen molar-refractivity contribution in [3.63, 3.8) is 0 Å². The molecule has 0 saturated heterocycles. The molecule has 0 aliphatic carbocycles. The zero-order valence-electron chi connectivity index (χ0n) is 7.04. The predicted octanol–water partition coefficient (Wildman–Crippen LogP) is -0.556. The molecule has 0 radical (unpaired) electrons. The number of carboxylic acid groups (broad SMARTS) is 1. The first kappa shape index (κ1) is 10.9. The lowest BCUT2D eigenvalue weighted by atomic mass is 9.91. The molecule has 0 heterocycles. The molecule has 0 bridgehead atoms. The molecule has 70 valence electrons. The van der Waals surface area contributed by atoms with Gasteiger partial charge in [0.1, 0.15) is 0 Å². The smallest absolute Gasteiger partial charge is 0.303 e. The van der Waals surface area contributed by atoms with Crippen molar-refractivity contribution < 1.29 is 14.7 Å². The van der Waals surface area contributed by atoms with E-state index >= 15 is 0 Å². The summed E-state index contributed by atoms with van der Waals surface area (Å²) in [6.07, 6.45) is 0.317. The van der Waals surface area contributed by atoms with E-state index in [4.69, 9.17) is 16.6 Å². The topological polar surface area (TPSA) is 106 Å². The average Bonchev–Trinajstić information content (AvgIpc) is 1.99. The summed E-state index contributed by atoms with van der Waals surface area (Å²) in [7, 11) is 0. The zero-order valence-corrected chi connectivity index (χ0v) is 7.04. The minimum absolute atomic E-state index is 0.0914. The van der Waals surface area contributed by atoms with E-state index in [9.17, 15) is 9.59 Å². The van der Waals surface area contributed by atoms with Crippen molar-refractivity contribution in [1.82, 2.24) is 0 Å². The first-order valence-corrected chi connectivity index (χ1v) is 3.73. The van der Waals surface area contributed by atoms with E-state index in [1.807, 2.05) is 0 Å². The van der Waals surface area contributed by atoms with Crippen molar-refractivity contribution in [3.05, 3.63) is 0 Å². The molecule has 0 rings (SSSR count). The van der Waals surface area contributed by atoms with Crippen LogP contribution in [0.4, 0.5) is 0 Å². The molecule has 12 heavy (non-hydrogen) atoms. The average molecular weight is 174 g/mol. The Balaban J connectivity index is 4.15. The molecular weight excluding hydrogens is 160 g/mol. The SMILES string of the molecule is CCC(N)(CCC(=O)O)C(N)=O. The Morgan fingerprint density at radius 2 is 2.00 bits per heavy atom. The third kappa shape index (κ3) is 2.87. The van der Waals surface area contributed by atoms with Crippen LogP contribution in [0.25, 0.3) is 0 Å². The van der Waals surface area contributed by atoms with Gasteiger partial charge in [0, 0.05) is 6.42 Å². The van der Waals surface area contributed by atoms with E-state index in [2.05, 4.69) is 0 Å². The van der Waals surface area contributed by atoms with Crippen LogP contribution in [-0.2, 0) is 9.59 Å². The van der Waals surface area contributed by atoms with Crippen LogP contribution in [0.3, 0.4) is 0 Å². The number of hydrogen-bond acceptors (Lipinski definition) is 3. The molecule has 1 atom stereocenters. The monoisotopic (exact) mass is 174 g/mol. The quantitative estimate of drug-likeness (QED) is 0.519. The molecule has 0 aromatic heterocycles. The van der Waals surface area contributed by atoms with Crippen molar-refractivity contribution in [1.29, 1.82) is 0 Å². The summed E-state index contributed by atoms with van der Waals surface area (Å²) in [4.78, 5) is 20.9. The molecule has 0 saturated carbocycles. The van der Waals surface area contributed by atoms with Crippen molar-refractivity contribution >= 4 is 11.9 Å². The van der Waals surface area contributed by atoms with Crippen molar-refractivity contribution in [2.24, 2.45) is 11.5 Å². The Labute approximate surface area is 70.7 Å². The molecular formula is C7H14N2O3. The van der Waals surface area contributed by atoms with Crippen LogP contribution in [0.5, 0.6) is 0 Å². The number of primary amides is 1. The molecule has 0 aromatic carbocycles. The Morgan fingerprint density at radius 1 is 1.50 bits per heavy atom. The van der Waals surface area contributed by atoms with Crippen molar-refractivity contribution in [2.45, 2.75) is 31.7 Å². The van der Waals surface area contributed by atoms with Gasteiger partial charge in [0.25, 0.3) is 0 Å². The minimum atomic E-state index is -1.17. The van der Waals surface area contributed by atoms with Gasteiger partial charge < -0.3 is 16.6 Å². The van der Waals surface area contributed by atoms with Crippen LogP contribution in [0.1, 0.15) is 26.2 Å². The highest BCUT2D eigenvalue weighted by Crippen LogP contribution is 2.13. The summed E-state index contributed by atoms with van der Waals surface area (Å²) in [6.45, 7) is 1.70. The van der Waals surface area contributed by atoms with Gasteiger partial charge in [0.15, 0.2) is 0 Å². The molecule has 0 aliphatic rings. The minimum Gasteiger partial charge on any atom is -0.481 e. The van der Waals surface area contributed by atoms with Crippen LogP contribution in [0.2, 0.25) is 0 Å². The maximum Gasteiger partial charge on any atom is 0.303 e. The third-order valence-corrected chi connectivity index (χ3v) is 1.91. The third-order valence-electron chi connectivity index (χ3n) is 1.91. The molecule has 5 nitrogen and oxygen atoms in total. The predicted molar refractivity (Wildman–Crippen MR) is 43.3 cm³/mol. The van der Waals surface area contributed by atoms with Gasteiger partial charge in [0.05, 0.1) is 5.54 Å². The second-order valence-electron chi connectivity index (χ2n) is 2.77. The lowest BCUT2D eigenvalue weighted by Gasteiger charge is -2.22. The van der Waals surface area contributed by atoms with Gasteiger partial charge in [-0.2, -0.15) is 0 Å². The standard InChI is InChI=1S/C7H14N2O3/c1-2-7(9,6(8)12)4-3-5(10)11/h2-4,9H2,1H3,(H2,8,12)(H,10,11). The summed E-state index contributed by atoms with van der Waals surface area (Å²) in [6, 6.07) is 0. The first-order valence-electron chi connectivity index (χ1n) is 3.73. The second-order valence-corrected chi connectivity index (χ2v) is 2.77. The van der Waals surface area contributed by atoms with E-state index in [1.165, 1.54) is 0 Å².